The Kier molecular flexibility index (Phi) is 5.00. The predicted molar refractivity (Wildman–Crippen MR) is 74.2 cm³/mol. The van der Waals surface area contributed by atoms with E-state index >= 15 is 0 Å². The van der Waals surface area contributed by atoms with E-state index in [-0.39, 0.29) is 5.92 Å². The van der Waals surface area contributed by atoms with Gasteiger partial charge in [-0.25, -0.2) is 4.98 Å². The third kappa shape index (κ3) is 3.82. The zero-order valence-corrected chi connectivity index (χ0v) is 11.7. The number of aromatic amines is 1. The Bertz CT molecular complexity index is 426. The van der Waals surface area contributed by atoms with Crippen molar-refractivity contribution in [2.75, 3.05) is 0 Å². The van der Waals surface area contributed by atoms with Crippen molar-refractivity contribution in [3.8, 4) is 0 Å². The van der Waals surface area contributed by atoms with Gasteiger partial charge in [-0.1, -0.05) is 32.6 Å². The molecule has 0 saturated carbocycles. The number of nitrogens with zero attached hydrogens (tertiary/aromatic N) is 1. The number of H-pyrrole nitrogens is 1. The van der Waals surface area contributed by atoms with Gasteiger partial charge in [0.25, 0.3) is 0 Å². The fourth-order valence-corrected chi connectivity index (χ4v) is 2.76. The van der Waals surface area contributed by atoms with Gasteiger partial charge in [0.2, 0.25) is 0 Å². The second-order valence-corrected chi connectivity index (χ2v) is 5.55. The number of carbonyl (C=O) groups is 1. The maximum Gasteiger partial charge on any atom is 0.306 e. The van der Waals surface area contributed by atoms with Crippen LogP contribution in [0.1, 0.15) is 62.7 Å². The normalized spacial score (nSPS) is 18.3. The molecule has 0 aromatic carbocycles. The molecule has 1 atom stereocenters. The van der Waals surface area contributed by atoms with Gasteiger partial charge in [0, 0.05) is 18.5 Å². The summed E-state index contributed by atoms with van der Waals surface area (Å²) in [5, 5.41) is 9.06. The number of imidazole rings is 1. The smallest absolute Gasteiger partial charge is 0.306 e. The summed E-state index contributed by atoms with van der Waals surface area (Å²) in [5.41, 5.74) is 2.16. The van der Waals surface area contributed by atoms with Gasteiger partial charge in [0.15, 0.2) is 0 Å². The van der Waals surface area contributed by atoms with E-state index in [1.807, 2.05) is 0 Å². The number of nitrogens with one attached hydrogen (secondary N) is 1. The lowest BCUT2D eigenvalue weighted by molar-refractivity contribution is -0.142. The van der Waals surface area contributed by atoms with Crippen molar-refractivity contribution in [2.45, 2.75) is 64.7 Å². The van der Waals surface area contributed by atoms with Crippen LogP contribution in [-0.4, -0.2) is 21.0 Å². The highest BCUT2D eigenvalue weighted by Gasteiger charge is 2.26. The standard InChI is InChI=1S/C15H24N2O2/c1-2-3-4-5-6-7-14-16-12-9-8-11(15(18)19)10-13(12)17-14/h11H,2-10H2,1H3,(H,16,17)(H,18,19). The van der Waals surface area contributed by atoms with Crippen LogP contribution in [0.5, 0.6) is 0 Å². The summed E-state index contributed by atoms with van der Waals surface area (Å²) in [7, 11) is 0. The molecule has 1 aromatic rings. The number of aliphatic carboxylic acids is 1. The molecule has 0 fully saturated rings. The second kappa shape index (κ2) is 6.73. The molecule has 1 aliphatic carbocycles. The SMILES string of the molecule is CCCCCCCc1nc2c([nH]1)CC(C(=O)O)CC2. The van der Waals surface area contributed by atoms with E-state index in [0.29, 0.717) is 6.42 Å². The average Bonchev–Trinajstić information content (AvgIpc) is 2.80. The Hall–Kier alpha value is -1.32. The molecule has 0 aliphatic heterocycles. The van der Waals surface area contributed by atoms with Gasteiger partial charge >= 0.3 is 5.97 Å². The van der Waals surface area contributed by atoms with Gasteiger partial charge in [-0.15, -0.1) is 0 Å². The maximum atomic E-state index is 11.0. The summed E-state index contributed by atoms with van der Waals surface area (Å²) in [5.74, 6) is 0.138. The van der Waals surface area contributed by atoms with Crippen LogP contribution >= 0.6 is 0 Å². The summed E-state index contributed by atoms with van der Waals surface area (Å²) < 4.78 is 0. The molecular formula is C15H24N2O2. The highest BCUT2D eigenvalue weighted by atomic mass is 16.4. The minimum atomic E-state index is -0.679. The van der Waals surface area contributed by atoms with Crippen molar-refractivity contribution in [3.63, 3.8) is 0 Å². The number of hydrogen-bond acceptors (Lipinski definition) is 2. The molecule has 0 radical (unpaired) electrons. The van der Waals surface area contributed by atoms with Crippen LogP contribution in [-0.2, 0) is 24.1 Å². The highest BCUT2D eigenvalue weighted by molar-refractivity contribution is 5.70. The van der Waals surface area contributed by atoms with Crippen LogP contribution in [0, 0.1) is 5.92 Å². The van der Waals surface area contributed by atoms with Gasteiger partial charge in [-0.05, 0) is 19.3 Å². The Labute approximate surface area is 114 Å². The quantitative estimate of drug-likeness (QED) is 0.744. The Morgan fingerprint density at radius 2 is 2.16 bits per heavy atom. The van der Waals surface area contributed by atoms with Gasteiger partial charge in [0.05, 0.1) is 11.6 Å². The number of unbranched alkanes of at least 4 members (excludes halogenated alkanes) is 4. The van der Waals surface area contributed by atoms with Crippen molar-refractivity contribution in [2.24, 2.45) is 5.92 Å². The first-order chi connectivity index (χ1) is 9.20. The molecule has 1 aromatic heterocycles. The van der Waals surface area contributed by atoms with E-state index in [2.05, 4.69) is 16.9 Å². The summed E-state index contributed by atoms with van der Waals surface area (Å²) >= 11 is 0. The summed E-state index contributed by atoms with van der Waals surface area (Å²) in [6, 6.07) is 0. The van der Waals surface area contributed by atoms with Crippen LogP contribution in [0.3, 0.4) is 0 Å². The van der Waals surface area contributed by atoms with Crippen molar-refractivity contribution >= 4 is 5.97 Å². The molecule has 4 heteroatoms. The minimum Gasteiger partial charge on any atom is -0.481 e. The molecule has 0 bridgehead atoms. The number of aryl methyl sites for hydroxylation is 2. The first kappa shape index (κ1) is 14.1. The van der Waals surface area contributed by atoms with Crippen molar-refractivity contribution in [3.05, 3.63) is 17.2 Å². The molecule has 4 nitrogen and oxygen atoms in total. The molecule has 2 N–H and O–H groups in total. The molecule has 1 aliphatic rings. The Balaban J connectivity index is 1.83. The van der Waals surface area contributed by atoms with E-state index < -0.39 is 5.97 Å². The number of hydrogen-bond donors (Lipinski definition) is 2. The zero-order valence-electron chi connectivity index (χ0n) is 11.7. The highest BCUT2D eigenvalue weighted by Crippen LogP contribution is 2.24. The summed E-state index contributed by atoms with van der Waals surface area (Å²) in [6.07, 6.45) is 9.47. The number of aromatic nitrogens is 2. The molecule has 1 heterocycles. The largest absolute Gasteiger partial charge is 0.481 e. The Morgan fingerprint density at radius 1 is 1.37 bits per heavy atom. The van der Waals surface area contributed by atoms with Crippen LogP contribution in [0.25, 0.3) is 0 Å². The Morgan fingerprint density at radius 3 is 2.89 bits per heavy atom. The molecule has 2 rings (SSSR count). The first-order valence-electron chi connectivity index (χ1n) is 7.50. The van der Waals surface area contributed by atoms with Crippen LogP contribution in [0.15, 0.2) is 0 Å². The second-order valence-electron chi connectivity index (χ2n) is 5.55. The monoisotopic (exact) mass is 264 g/mol. The van der Waals surface area contributed by atoms with Crippen LogP contribution in [0.4, 0.5) is 0 Å². The van der Waals surface area contributed by atoms with E-state index in [1.54, 1.807) is 0 Å². The van der Waals surface area contributed by atoms with E-state index in [9.17, 15) is 4.79 Å². The van der Waals surface area contributed by atoms with E-state index in [4.69, 9.17) is 5.11 Å². The third-order valence-electron chi connectivity index (χ3n) is 3.96. The fourth-order valence-electron chi connectivity index (χ4n) is 2.76. The first-order valence-corrected chi connectivity index (χ1v) is 7.50. The lowest BCUT2D eigenvalue weighted by Crippen LogP contribution is -2.22. The zero-order chi connectivity index (χ0) is 13.7. The van der Waals surface area contributed by atoms with Crippen LogP contribution < -0.4 is 0 Å². The topological polar surface area (TPSA) is 66.0 Å². The molecule has 0 amide bonds. The number of carboxylic acid groups (broad SMARTS) is 1. The van der Waals surface area contributed by atoms with Crippen molar-refractivity contribution in [1.82, 2.24) is 9.97 Å². The average molecular weight is 264 g/mol. The van der Waals surface area contributed by atoms with Gasteiger partial charge < -0.3 is 10.1 Å². The van der Waals surface area contributed by atoms with E-state index in [0.717, 1.165) is 36.5 Å². The predicted octanol–water partition coefficient (Wildman–Crippen LogP) is 3.11. The molecule has 19 heavy (non-hydrogen) atoms. The number of rotatable bonds is 7. The lowest BCUT2D eigenvalue weighted by Gasteiger charge is -2.16. The van der Waals surface area contributed by atoms with E-state index in [1.165, 1.54) is 32.1 Å². The number of fused-ring (bicyclic) bond motifs is 1. The molecule has 1 unspecified atom stereocenters. The molecule has 0 saturated heterocycles. The molecular weight excluding hydrogens is 240 g/mol. The lowest BCUT2D eigenvalue weighted by atomic mass is 9.90. The van der Waals surface area contributed by atoms with Gasteiger partial charge in [-0.2, -0.15) is 0 Å². The number of carboxylic acids is 1. The van der Waals surface area contributed by atoms with Crippen molar-refractivity contribution in [1.29, 1.82) is 0 Å². The fraction of sp³-hybridized carbons (Fsp3) is 0.733. The minimum absolute atomic E-state index is 0.231. The van der Waals surface area contributed by atoms with Gasteiger partial charge in [-0.3, -0.25) is 4.79 Å². The molecule has 0 spiro atoms. The maximum absolute atomic E-state index is 11.0. The third-order valence-corrected chi connectivity index (χ3v) is 3.96. The molecule has 106 valence electrons. The van der Waals surface area contributed by atoms with Crippen molar-refractivity contribution < 1.29 is 9.90 Å². The summed E-state index contributed by atoms with van der Waals surface area (Å²) in [4.78, 5) is 19.0. The van der Waals surface area contributed by atoms with Gasteiger partial charge in [0.1, 0.15) is 5.82 Å². The summed E-state index contributed by atoms with van der Waals surface area (Å²) in [6.45, 7) is 2.22. The van der Waals surface area contributed by atoms with Crippen LogP contribution in [0.2, 0.25) is 0 Å².